The fraction of sp³-hybridized carbons (Fsp3) is 0.368. The molecule has 12 heteroatoms. The van der Waals surface area contributed by atoms with Crippen molar-refractivity contribution >= 4 is 23.3 Å². The molecule has 0 spiro atoms. The Balaban J connectivity index is 1.55. The Morgan fingerprint density at radius 2 is 2.06 bits per heavy atom. The Hall–Kier alpha value is -3.41. The van der Waals surface area contributed by atoms with Crippen molar-refractivity contribution in [3.8, 4) is 5.75 Å². The lowest BCUT2D eigenvalue weighted by Crippen LogP contribution is -2.49. The van der Waals surface area contributed by atoms with Crippen molar-refractivity contribution in [3.05, 3.63) is 41.9 Å². The van der Waals surface area contributed by atoms with Crippen LogP contribution in [0.15, 0.2) is 30.6 Å². The lowest BCUT2D eigenvalue weighted by molar-refractivity contribution is -0.137. The molecule has 1 aromatic carbocycles. The monoisotopic (exact) mass is 438 g/mol. The lowest BCUT2D eigenvalue weighted by atomic mass is 10.1. The molecule has 0 saturated carbocycles. The number of piperidine rings is 1. The first-order valence-electron chi connectivity index (χ1n) is 9.43. The van der Waals surface area contributed by atoms with Crippen molar-refractivity contribution in [3.63, 3.8) is 0 Å². The normalized spacial score (nSPS) is 17.2. The van der Waals surface area contributed by atoms with E-state index in [2.05, 4.69) is 20.6 Å². The van der Waals surface area contributed by atoms with Gasteiger partial charge in [0.15, 0.2) is 17.3 Å². The van der Waals surface area contributed by atoms with Gasteiger partial charge in [0.2, 0.25) is 5.91 Å². The Bertz CT molecular complexity index is 969. The fourth-order valence-corrected chi connectivity index (χ4v) is 3.31. The number of hydrogen-bond donors (Lipinski definition) is 4. The number of benzene rings is 1. The molecule has 166 valence electrons. The van der Waals surface area contributed by atoms with Crippen LogP contribution >= 0.6 is 0 Å². The molecule has 9 nitrogen and oxygen atoms in total. The maximum atomic E-state index is 12.8. The van der Waals surface area contributed by atoms with Crippen LogP contribution < -0.4 is 16.4 Å². The first kappa shape index (κ1) is 22.3. The van der Waals surface area contributed by atoms with E-state index in [4.69, 9.17) is 5.73 Å². The van der Waals surface area contributed by atoms with Crippen LogP contribution in [-0.4, -0.2) is 57.5 Å². The van der Waals surface area contributed by atoms with E-state index < -0.39 is 29.3 Å². The van der Waals surface area contributed by atoms with E-state index in [0.29, 0.717) is 25.9 Å². The highest BCUT2D eigenvalue weighted by Crippen LogP contribution is 2.30. The highest BCUT2D eigenvalue weighted by molar-refractivity contribution is 5.96. The number of carbonyl (C=O) groups excluding carboxylic acids is 2. The van der Waals surface area contributed by atoms with Gasteiger partial charge in [0.05, 0.1) is 12.1 Å². The zero-order chi connectivity index (χ0) is 22.6. The van der Waals surface area contributed by atoms with Gasteiger partial charge in [-0.2, -0.15) is 13.2 Å². The van der Waals surface area contributed by atoms with E-state index in [-0.39, 0.29) is 29.8 Å². The number of amides is 2. The maximum absolute atomic E-state index is 12.8. The van der Waals surface area contributed by atoms with Gasteiger partial charge in [-0.1, -0.05) is 6.07 Å². The summed E-state index contributed by atoms with van der Waals surface area (Å²) in [6, 6.07) is 4.10. The number of nitrogens with zero attached hydrogens (tertiary/aromatic N) is 3. The average molecular weight is 438 g/mol. The van der Waals surface area contributed by atoms with Crippen molar-refractivity contribution in [2.45, 2.75) is 25.1 Å². The summed E-state index contributed by atoms with van der Waals surface area (Å²) in [6.07, 6.45) is -2.09. The SMILES string of the molecule is Nc1ncnc(C(=O)NC2CCCN(CC(=O)Nc3cccc(C(F)(F)F)c3)C2)c1O. The molecule has 1 fully saturated rings. The van der Waals surface area contributed by atoms with Crippen molar-refractivity contribution in [1.82, 2.24) is 20.2 Å². The predicted octanol–water partition coefficient (Wildman–Crippen LogP) is 1.62. The Morgan fingerprint density at radius 3 is 2.81 bits per heavy atom. The largest absolute Gasteiger partial charge is 0.503 e. The van der Waals surface area contributed by atoms with Crippen molar-refractivity contribution in [2.75, 3.05) is 30.7 Å². The van der Waals surface area contributed by atoms with E-state index >= 15 is 0 Å². The number of nitrogen functional groups attached to an aromatic ring is 1. The van der Waals surface area contributed by atoms with Crippen LogP contribution in [0.4, 0.5) is 24.7 Å². The third kappa shape index (κ3) is 5.81. The molecule has 5 N–H and O–H groups in total. The number of nitrogens with one attached hydrogen (secondary N) is 2. The second-order valence-electron chi connectivity index (χ2n) is 7.13. The van der Waals surface area contributed by atoms with Crippen LogP contribution in [0.5, 0.6) is 5.75 Å². The number of aromatic hydroxyl groups is 1. The second kappa shape index (κ2) is 9.16. The smallest absolute Gasteiger partial charge is 0.416 e. The number of alkyl halides is 3. The zero-order valence-electron chi connectivity index (χ0n) is 16.3. The van der Waals surface area contributed by atoms with Gasteiger partial charge in [0.25, 0.3) is 5.91 Å². The fourth-order valence-electron chi connectivity index (χ4n) is 3.31. The zero-order valence-corrected chi connectivity index (χ0v) is 16.3. The van der Waals surface area contributed by atoms with Crippen LogP contribution in [0, 0.1) is 0 Å². The Kier molecular flexibility index (Phi) is 6.59. The molecule has 0 aliphatic carbocycles. The molecule has 0 bridgehead atoms. The molecule has 0 radical (unpaired) electrons. The number of anilines is 2. The summed E-state index contributed by atoms with van der Waals surface area (Å²) in [5, 5.41) is 15.0. The second-order valence-corrected chi connectivity index (χ2v) is 7.13. The molecular formula is C19H21F3N6O3. The first-order chi connectivity index (χ1) is 14.6. The first-order valence-corrected chi connectivity index (χ1v) is 9.43. The number of rotatable bonds is 5. The number of likely N-dealkylation sites (tertiary alicyclic amines) is 1. The molecule has 1 atom stereocenters. The third-order valence-electron chi connectivity index (χ3n) is 4.75. The molecule has 1 aromatic heterocycles. The van der Waals surface area contributed by atoms with E-state index in [0.717, 1.165) is 18.5 Å². The van der Waals surface area contributed by atoms with E-state index in [1.54, 1.807) is 4.90 Å². The molecule has 1 aliphatic rings. The summed E-state index contributed by atoms with van der Waals surface area (Å²) >= 11 is 0. The molecular weight excluding hydrogens is 417 g/mol. The molecule has 1 saturated heterocycles. The minimum absolute atomic E-state index is 0.0473. The molecule has 1 unspecified atom stereocenters. The maximum Gasteiger partial charge on any atom is 0.416 e. The summed E-state index contributed by atoms with van der Waals surface area (Å²) in [7, 11) is 0. The quantitative estimate of drug-likeness (QED) is 0.557. The van der Waals surface area contributed by atoms with Gasteiger partial charge < -0.3 is 21.5 Å². The Labute approximate surface area is 175 Å². The van der Waals surface area contributed by atoms with Gasteiger partial charge >= 0.3 is 6.18 Å². The molecule has 2 aromatic rings. The van der Waals surface area contributed by atoms with Gasteiger partial charge in [-0.15, -0.1) is 0 Å². The summed E-state index contributed by atoms with van der Waals surface area (Å²) in [4.78, 5) is 33.8. The van der Waals surface area contributed by atoms with Gasteiger partial charge in [0, 0.05) is 18.3 Å². The van der Waals surface area contributed by atoms with Gasteiger partial charge in [0.1, 0.15) is 6.33 Å². The molecule has 2 amide bonds. The van der Waals surface area contributed by atoms with Gasteiger partial charge in [-0.05, 0) is 37.6 Å². The number of hydrogen-bond acceptors (Lipinski definition) is 7. The van der Waals surface area contributed by atoms with Gasteiger partial charge in [-0.3, -0.25) is 14.5 Å². The van der Waals surface area contributed by atoms with E-state index in [1.807, 2.05) is 0 Å². The number of carbonyl (C=O) groups is 2. The predicted molar refractivity (Wildman–Crippen MR) is 105 cm³/mol. The standard InChI is InChI=1S/C19H21F3N6O3/c20-19(21,22)11-3-1-4-12(7-11)26-14(29)9-28-6-2-5-13(8-28)27-18(31)15-16(30)17(23)25-10-24-15/h1,3-4,7,10,13,30H,2,5-6,8-9H2,(H,26,29)(H,27,31)(H2,23,24,25). The number of nitrogens with two attached hydrogens (primary N) is 1. The van der Waals surface area contributed by atoms with Gasteiger partial charge in [-0.25, -0.2) is 9.97 Å². The highest BCUT2D eigenvalue weighted by Gasteiger charge is 2.30. The van der Waals surface area contributed by atoms with Crippen LogP contribution in [0.3, 0.4) is 0 Å². The lowest BCUT2D eigenvalue weighted by Gasteiger charge is -2.32. The molecule has 1 aliphatic heterocycles. The summed E-state index contributed by atoms with van der Waals surface area (Å²) in [6.45, 7) is 0.894. The molecule has 3 rings (SSSR count). The van der Waals surface area contributed by atoms with Crippen LogP contribution in [-0.2, 0) is 11.0 Å². The minimum Gasteiger partial charge on any atom is -0.503 e. The number of halogens is 3. The van der Waals surface area contributed by atoms with Crippen molar-refractivity contribution < 1.29 is 27.9 Å². The topological polar surface area (TPSA) is 133 Å². The van der Waals surface area contributed by atoms with Crippen molar-refractivity contribution in [2.24, 2.45) is 0 Å². The third-order valence-corrected chi connectivity index (χ3v) is 4.75. The minimum atomic E-state index is -4.50. The highest BCUT2D eigenvalue weighted by atomic mass is 19.4. The summed E-state index contributed by atoms with van der Waals surface area (Å²) in [5.41, 5.74) is 4.43. The number of aromatic nitrogens is 2. The van der Waals surface area contributed by atoms with Crippen LogP contribution in [0.25, 0.3) is 0 Å². The summed E-state index contributed by atoms with van der Waals surface area (Å²) in [5.74, 6) is -1.80. The Morgan fingerprint density at radius 1 is 1.29 bits per heavy atom. The molecule has 31 heavy (non-hydrogen) atoms. The van der Waals surface area contributed by atoms with E-state index in [1.165, 1.54) is 12.1 Å². The van der Waals surface area contributed by atoms with Crippen LogP contribution in [0.2, 0.25) is 0 Å². The summed E-state index contributed by atoms with van der Waals surface area (Å²) < 4.78 is 38.4. The van der Waals surface area contributed by atoms with Crippen LogP contribution in [0.1, 0.15) is 28.9 Å². The van der Waals surface area contributed by atoms with Crippen molar-refractivity contribution in [1.29, 1.82) is 0 Å². The molecule has 2 heterocycles. The van der Waals surface area contributed by atoms with E-state index in [9.17, 15) is 27.9 Å². The average Bonchev–Trinajstić information content (AvgIpc) is 2.69.